The number of hydrogen-bond donors (Lipinski definition) is 0. The fraction of sp³-hybridized carbons (Fsp3) is 0.111. The fourth-order valence-corrected chi connectivity index (χ4v) is 3.74. The Bertz CT molecular complexity index is 861. The van der Waals surface area contributed by atoms with E-state index in [1.54, 1.807) is 11.8 Å². The molecule has 0 unspecified atom stereocenters. The predicted molar refractivity (Wildman–Crippen MR) is 102 cm³/mol. The summed E-state index contributed by atoms with van der Waals surface area (Å²) in [4.78, 5) is 0. The smallest absolute Gasteiger partial charge is 0.192 e. The molecule has 3 nitrogen and oxygen atoms in total. The molecule has 0 atom stereocenters. The van der Waals surface area contributed by atoms with E-state index in [0.717, 1.165) is 32.9 Å². The van der Waals surface area contributed by atoms with Gasteiger partial charge < -0.3 is 0 Å². The molecule has 122 valence electrons. The molecule has 3 aromatic rings. The third-order valence-electron chi connectivity index (χ3n) is 3.46. The number of nitrogens with zero attached hydrogens (tertiary/aromatic N) is 3. The molecule has 0 saturated heterocycles. The lowest BCUT2D eigenvalue weighted by atomic mass is 10.2. The standard InChI is InChI=1S/C18H15Cl2N3S/c1-2-11-23-17(14-8-4-6-10-16(14)20)21-22-18(23)24-12-13-7-3-5-9-15(13)19/h2-10H,1,11-12H2. The van der Waals surface area contributed by atoms with E-state index in [1.807, 2.05) is 59.2 Å². The summed E-state index contributed by atoms with van der Waals surface area (Å²) in [5, 5.41) is 10.9. The molecule has 1 heterocycles. The normalized spacial score (nSPS) is 10.8. The minimum atomic E-state index is 0.610. The van der Waals surface area contributed by atoms with E-state index < -0.39 is 0 Å². The van der Waals surface area contributed by atoms with Gasteiger partial charge in [-0.2, -0.15) is 0 Å². The molecule has 0 aliphatic heterocycles. The van der Waals surface area contributed by atoms with Crippen molar-refractivity contribution < 1.29 is 0 Å². The fourth-order valence-electron chi connectivity index (χ4n) is 2.29. The highest BCUT2D eigenvalue weighted by Crippen LogP contribution is 2.31. The van der Waals surface area contributed by atoms with Crippen LogP contribution < -0.4 is 0 Å². The summed E-state index contributed by atoms with van der Waals surface area (Å²) in [7, 11) is 0. The number of rotatable bonds is 6. The van der Waals surface area contributed by atoms with Gasteiger partial charge in [0.05, 0.1) is 5.02 Å². The number of benzene rings is 2. The van der Waals surface area contributed by atoms with Crippen LogP contribution in [0.1, 0.15) is 5.56 Å². The van der Waals surface area contributed by atoms with Crippen molar-refractivity contribution in [2.75, 3.05) is 0 Å². The summed E-state index contributed by atoms with van der Waals surface area (Å²) >= 11 is 14.1. The molecule has 0 aliphatic rings. The Labute approximate surface area is 155 Å². The van der Waals surface area contributed by atoms with E-state index >= 15 is 0 Å². The second-order valence-corrected chi connectivity index (χ2v) is 6.82. The van der Waals surface area contributed by atoms with E-state index in [4.69, 9.17) is 23.2 Å². The Kier molecular flexibility index (Phi) is 5.61. The van der Waals surface area contributed by atoms with Gasteiger partial charge in [0.1, 0.15) is 0 Å². The summed E-state index contributed by atoms with van der Waals surface area (Å²) in [5.74, 6) is 1.46. The second-order valence-electron chi connectivity index (χ2n) is 5.07. The average molecular weight is 376 g/mol. The van der Waals surface area contributed by atoms with Crippen LogP contribution in [0.5, 0.6) is 0 Å². The minimum Gasteiger partial charge on any atom is -0.298 e. The van der Waals surface area contributed by atoms with Gasteiger partial charge in [0, 0.05) is 22.9 Å². The maximum Gasteiger partial charge on any atom is 0.192 e. The number of allylic oxidation sites excluding steroid dienone is 1. The minimum absolute atomic E-state index is 0.610. The molecule has 24 heavy (non-hydrogen) atoms. The van der Waals surface area contributed by atoms with E-state index in [9.17, 15) is 0 Å². The maximum absolute atomic E-state index is 6.30. The van der Waals surface area contributed by atoms with Crippen LogP contribution in [0.2, 0.25) is 10.0 Å². The van der Waals surface area contributed by atoms with Crippen molar-refractivity contribution in [2.24, 2.45) is 0 Å². The van der Waals surface area contributed by atoms with Gasteiger partial charge in [-0.05, 0) is 23.8 Å². The summed E-state index contributed by atoms with van der Waals surface area (Å²) in [6.45, 7) is 4.44. The van der Waals surface area contributed by atoms with Gasteiger partial charge in [0.25, 0.3) is 0 Å². The van der Waals surface area contributed by atoms with Crippen molar-refractivity contribution in [3.8, 4) is 11.4 Å². The van der Waals surface area contributed by atoms with Crippen molar-refractivity contribution >= 4 is 35.0 Å². The van der Waals surface area contributed by atoms with Gasteiger partial charge >= 0.3 is 0 Å². The average Bonchev–Trinajstić information content (AvgIpc) is 2.98. The highest BCUT2D eigenvalue weighted by Gasteiger charge is 2.16. The second kappa shape index (κ2) is 7.88. The van der Waals surface area contributed by atoms with Gasteiger partial charge in [0.15, 0.2) is 11.0 Å². The lowest BCUT2D eigenvalue weighted by Gasteiger charge is -2.09. The molecular formula is C18H15Cl2N3S. The first-order valence-electron chi connectivity index (χ1n) is 7.36. The van der Waals surface area contributed by atoms with Gasteiger partial charge in [0.2, 0.25) is 0 Å². The first-order valence-corrected chi connectivity index (χ1v) is 9.10. The molecule has 3 rings (SSSR count). The van der Waals surface area contributed by atoms with Gasteiger partial charge in [-0.3, -0.25) is 4.57 Å². The number of thioether (sulfide) groups is 1. The van der Waals surface area contributed by atoms with Crippen molar-refractivity contribution in [3.05, 3.63) is 76.8 Å². The molecule has 1 aromatic heterocycles. The third kappa shape index (κ3) is 3.66. The first-order chi connectivity index (χ1) is 11.7. The van der Waals surface area contributed by atoms with Gasteiger partial charge in [-0.15, -0.1) is 16.8 Å². The highest BCUT2D eigenvalue weighted by molar-refractivity contribution is 7.98. The topological polar surface area (TPSA) is 30.7 Å². The summed E-state index contributed by atoms with van der Waals surface area (Å²) in [5.41, 5.74) is 1.93. The van der Waals surface area contributed by atoms with E-state index in [2.05, 4.69) is 16.8 Å². The van der Waals surface area contributed by atoms with Gasteiger partial charge in [-0.25, -0.2) is 0 Å². The molecule has 0 N–H and O–H groups in total. The number of halogens is 2. The van der Waals surface area contributed by atoms with Crippen LogP contribution >= 0.6 is 35.0 Å². The molecule has 0 bridgehead atoms. The molecule has 6 heteroatoms. The zero-order valence-electron chi connectivity index (χ0n) is 12.8. The Morgan fingerprint density at radius 2 is 1.71 bits per heavy atom. The Morgan fingerprint density at radius 3 is 2.42 bits per heavy atom. The molecular weight excluding hydrogens is 361 g/mol. The molecule has 0 saturated carbocycles. The third-order valence-corrected chi connectivity index (χ3v) is 5.17. The van der Waals surface area contributed by atoms with Crippen molar-refractivity contribution in [2.45, 2.75) is 17.5 Å². The van der Waals surface area contributed by atoms with Crippen LogP contribution in [0.3, 0.4) is 0 Å². The Hall–Kier alpha value is -1.75. The van der Waals surface area contributed by atoms with Crippen LogP contribution in [-0.2, 0) is 12.3 Å². The van der Waals surface area contributed by atoms with Crippen molar-refractivity contribution in [3.63, 3.8) is 0 Å². The summed E-state index contributed by atoms with van der Waals surface area (Å²) < 4.78 is 2.01. The monoisotopic (exact) mass is 375 g/mol. The Morgan fingerprint density at radius 1 is 1.00 bits per heavy atom. The van der Waals surface area contributed by atoms with E-state index in [-0.39, 0.29) is 0 Å². The SMILES string of the molecule is C=CCn1c(SCc2ccccc2Cl)nnc1-c1ccccc1Cl. The van der Waals surface area contributed by atoms with E-state index in [0.29, 0.717) is 11.6 Å². The van der Waals surface area contributed by atoms with Crippen LogP contribution in [0.15, 0.2) is 66.3 Å². The zero-order chi connectivity index (χ0) is 16.9. The molecule has 0 aliphatic carbocycles. The largest absolute Gasteiger partial charge is 0.298 e. The van der Waals surface area contributed by atoms with Crippen LogP contribution in [0, 0.1) is 0 Å². The maximum atomic E-state index is 6.30. The van der Waals surface area contributed by atoms with Gasteiger partial charge in [-0.1, -0.05) is 71.4 Å². The van der Waals surface area contributed by atoms with Crippen molar-refractivity contribution in [1.29, 1.82) is 0 Å². The molecule has 0 spiro atoms. The lowest BCUT2D eigenvalue weighted by molar-refractivity contribution is 0.731. The number of hydrogen-bond acceptors (Lipinski definition) is 3. The molecule has 0 radical (unpaired) electrons. The zero-order valence-corrected chi connectivity index (χ0v) is 15.2. The lowest BCUT2D eigenvalue weighted by Crippen LogP contribution is -2.01. The molecule has 2 aromatic carbocycles. The summed E-state index contributed by atoms with van der Waals surface area (Å²) in [6, 6.07) is 15.4. The van der Waals surface area contributed by atoms with Crippen molar-refractivity contribution in [1.82, 2.24) is 14.8 Å². The molecule has 0 amide bonds. The number of aromatic nitrogens is 3. The van der Waals surface area contributed by atoms with Crippen LogP contribution in [0.25, 0.3) is 11.4 Å². The van der Waals surface area contributed by atoms with Crippen LogP contribution in [-0.4, -0.2) is 14.8 Å². The first kappa shape index (κ1) is 17.1. The highest BCUT2D eigenvalue weighted by atomic mass is 35.5. The molecule has 0 fully saturated rings. The summed E-state index contributed by atoms with van der Waals surface area (Å²) in [6.07, 6.45) is 1.82. The van der Waals surface area contributed by atoms with E-state index in [1.165, 1.54) is 0 Å². The quantitative estimate of drug-likeness (QED) is 0.407. The predicted octanol–water partition coefficient (Wildman–Crippen LogP) is 5.73. The Balaban J connectivity index is 1.90. The van der Waals surface area contributed by atoms with Crippen LogP contribution in [0.4, 0.5) is 0 Å².